The lowest BCUT2D eigenvalue weighted by Gasteiger charge is -2.08. The maximum absolute atomic E-state index is 10.3. The number of rotatable bonds is 7. The van der Waals surface area contributed by atoms with Crippen LogP contribution in [0.4, 0.5) is 0 Å². The Bertz CT molecular complexity index is 541. The SMILES string of the molecule is C=CCNC(=S)N/N=C(/C)c1ccc(OCC(=O)[O-])cc1. The molecule has 0 radical (unpaired) electrons. The number of nitrogens with zero attached hydrogens (tertiary/aromatic N) is 1. The zero-order valence-electron chi connectivity index (χ0n) is 11.6. The number of carboxylic acid groups (broad SMARTS) is 1. The van der Waals surface area contributed by atoms with E-state index in [0.717, 1.165) is 11.3 Å². The molecule has 7 heteroatoms. The van der Waals surface area contributed by atoms with E-state index >= 15 is 0 Å². The molecule has 0 aliphatic heterocycles. The predicted octanol–water partition coefficient (Wildman–Crippen LogP) is 0.189. The van der Waals surface area contributed by atoms with Gasteiger partial charge in [-0.05, 0) is 49.0 Å². The number of ether oxygens (including phenoxy) is 1. The summed E-state index contributed by atoms with van der Waals surface area (Å²) >= 11 is 5.01. The number of carbonyl (C=O) groups excluding carboxylic acids is 1. The molecule has 1 aromatic carbocycles. The topological polar surface area (TPSA) is 85.8 Å². The number of nitrogens with one attached hydrogen (secondary N) is 2. The monoisotopic (exact) mass is 306 g/mol. The van der Waals surface area contributed by atoms with Gasteiger partial charge in [-0.25, -0.2) is 0 Å². The summed E-state index contributed by atoms with van der Waals surface area (Å²) in [6.07, 6.45) is 1.69. The largest absolute Gasteiger partial charge is 0.546 e. The van der Waals surface area contributed by atoms with Gasteiger partial charge in [0.15, 0.2) is 5.11 Å². The zero-order valence-corrected chi connectivity index (χ0v) is 12.4. The second kappa shape index (κ2) is 8.70. The summed E-state index contributed by atoms with van der Waals surface area (Å²) in [5.41, 5.74) is 4.30. The van der Waals surface area contributed by atoms with Crippen LogP contribution < -0.4 is 20.6 Å². The van der Waals surface area contributed by atoms with Gasteiger partial charge in [-0.3, -0.25) is 5.43 Å². The smallest absolute Gasteiger partial charge is 0.187 e. The van der Waals surface area contributed by atoms with Crippen LogP contribution in [0.1, 0.15) is 12.5 Å². The van der Waals surface area contributed by atoms with Crippen molar-refractivity contribution in [2.45, 2.75) is 6.92 Å². The van der Waals surface area contributed by atoms with E-state index < -0.39 is 12.6 Å². The first-order valence-electron chi connectivity index (χ1n) is 6.15. The maximum Gasteiger partial charge on any atom is 0.187 e. The highest BCUT2D eigenvalue weighted by atomic mass is 32.1. The molecule has 21 heavy (non-hydrogen) atoms. The highest BCUT2D eigenvalue weighted by Gasteiger charge is 2.00. The van der Waals surface area contributed by atoms with Gasteiger partial charge in [-0.1, -0.05) is 6.08 Å². The molecule has 0 unspecified atom stereocenters. The fourth-order valence-electron chi connectivity index (χ4n) is 1.34. The van der Waals surface area contributed by atoms with Gasteiger partial charge in [0, 0.05) is 6.54 Å². The summed E-state index contributed by atoms with van der Waals surface area (Å²) < 4.78 is 4.99. The number of carbonyl (C=O) groups is 1. The molecule has 0 aromatic heterocycles. The Morgan fingerprint density at radius 2 is 2.14 bits per heavy atom. The third-order valence-electron chi connectivity index (χ3n) is 2.36. The standard InChI is InChI=1S/C14H17N3O3S/c1-3-8-15-14(21)17-16-10(2)11-4-6-12(7-5-11)20-9-13(18)19/h3-7H,1,8-9H2,2H3,(H,18,19)(H2,15,17,21)/p-1/b16-10-. The summed E-state index contributed by atoms with van der Waals surface area (Å²) in [6.45, 7) is 5.48. The normalized spacial score (nSPS) is 10.6. The summed E-state index contributed by atoms with van der Waals surface area (Å²) in [7, 11) is 0. The Hall–Kier alpha value is -2.41. The number of benzene rings is 1. The molecule has 0 saturated carbocycles. The van der Waals surface area contributed by atoms with E-state index in [0.29, 0.717) is 17.4 Å². The molecule has 0 aliphatic carbocycles. The number of hydrogen-bond acceptors (Lipinski definition) is 5. The second-order valence-electron chi connectivity index (χ2n) is 3.99. The van der Waals surface area contributed by atoms with Crippen LogP contribution in [0.5, 0.6) is 5.75 Å². The van der Waals surface area contributed by atoms with Crippen LogP contribution in [0.2, 0.25) is 0 Å². The minimum Gasteiger partial charge on any atom is -0.546 e. The molecule has 112 valence electrons. The molecule has 0 saturated heterocycles. The van der Waals surface area contributed by atoms with Gasteiger partial charge in [0.25, 0.3) is 0 Å². The van der Waals surface area contributed by atoms with Crippen molar-refractivity contribution in [2.24, 2.45) is 5.10 Å². The van der Waals surface area contributed by atoms with E-state index in [2.05, 4.69) is 22.4 Å². The van der Waals surface area contributed by atoms with Crippen molar-refractivity contribution in [3.63, 3.8) is 0 Å². The van der Waals surface area contributed by atoms with Crippen molar-refractivity contribution in [3.8, 4) is 5.75 Å². The molecule has 1 rings (SSSR count). The maximum atomic E-state index is 10.3. The molecule has 6 nitrogen and oxygen atoms in total. The number of hydrogen-bond donors (Lipinski definition) is 2. The third-order valence-corrected chi connectivity index (χ3v) is 2.60. The average molecular weight is 306 g/mol. The molecule has 0 heterocycles. The lowest BCUT2D eigenvalue weighted by molar-refractivity contribution is -0.307. The molecular weight excluding hydrogens is 290 g/mol. The first-order valence-corrected chi connectivity index (χ1v) is 6.56. The van der Waals surface area contributed by atoms with Crippen molar-refractivity contribution in [3.05, 3.63) is 42.5 Å². The first-order chi connectivity index (χ1) is 10.0. The fraction of sp³-hybridized carbons (Fsp3) is 0.214. The van der Waals surface area contributed by atoms with E-state index in [1.54, 1.807) is 30.3 Å². The van der Waals surface area contributed by atoms with Gasteiger partial charge in [-0.2, -0.15) is 5.10 Å². The summed E-state index contributed by atoms with van der Waals surface area (Å²) in [5.74, 6) is -0.812. The lowest BCUT2D eigenvalue weighted by Crippen LogP contribution is -2.32. The third kappa shape index (κ3) is 6.53. The second-order valence-corrected chi connectivity index (χ2v) is 4.40. The molecule has 1 aromatic rings. The molecule has 0 spiro atoms. The van der Waals surface area contributed by atoms with Gasteiger partial charge in [0.1, 0.15) is 12.4 Å². The number of carboxylic acids is 1. The quantitative estimate of drug-likeness (QED) is 0.324. The van der Waals surface area contributed by atoms with Crippen molar-refractivity contribution in [1.82, 2.24) is 10.7 Å². The Balaban J connectivity index is 2.57. The van der Waals surface area contributed by atoms with Gasteiger partial charge in [-0.15, -0.1) is 6.58 Å². The number of hydrazone groups is 1. The van der Waals surface area contributed by atoms with E-state index in [1.165, 1.54) is 0 Å². The fourth-order valence-corrected chi connectivity index (χ4v) is 1.47. The van der Waals surface area contributed by atoms with Crippen molar-refractivity contribution in [2.75, 3.05) is 13.2 Å². The predicted molar refractivity (Wildman–Crippen MR) is 83.1 cm³/mol. The van der Waals surface area contributed by atoms with E-state index in [9.17, 15) is 9.90 Å². The molecular formula is C14H16N3O3S-. The van der Waals surface area contributed by atoms with Crippen LogP contribution >= 0.6 is 12.2 Å². The molecule has 0 fully saturated rings. The van der Waals surface area contributed by atoms with Crippen LogP contribution in [-0.2, 0) is 4.79 Å². The Morgan fingerprint density at radius 3 is 2.71 bits per heavy atom. The van der Waals surface area contributed by atoms with E-state index in [-0.39, 0.29) is 0 Å². The molecule has 0 aliphatic rings. The minimum atomic E-state index is -1.26. The molecule has 0 atom stereocenters. The van der Waals surface area contributed by atoms with Crippen LogP contribution in [0.3, 0.4) is 0 Å². The van der Waals surface area contributed by atoms with Gasteiger partial charge >= 0.3 is 0 Å². The van der Waals surface area contributed by atoms with Crippen molar-refractivity contribution >= 4 is 29.0 Å². The average Bonchev–Trinajstić information content (AvgIpc) is 2.49. The molecule has 2 N–H and O–H groups in total. The highest BCUT2D eigenvalue weighted by molar-refractivity contribution is 7.80. The first kappa shape index (κ1) is 16.6. The summed E-state index contributed by atoms with van der Waals surface area (Å²) in [6, 6.07) is 6.85. The van der Waals surface area contributed by atoms with Crippen molar-refractivity contribution in [1.29, 1.82) is 0 Å². The lowest BCUT2D eigenvalue weighted by atomic mass is 10.1. The van der Waals surface area contributed by atoms with Gasteiger partial charge in [0.05, 0.1) is 11.7 Å². The van der Waals surface area contributed by atoms with Crippen LogP contribution in [0.25, 0.3) is 0 Å². The zero-order chi connectivity index (χ0) is 15.7. The Morgan fingerprint density at radius 1 is 1.48 bits per heavy atom. The summed E-state index contributed by atoms with van der Waals surface area (Å²) in [5, 5.41) is 17.7. The van der Waals surface area contributed by atoms with Crippen molar-refractivity contribution < 1.29 is 14.6 Å². The van der Waals surface area contributed by atoms with Gasteiger partial charge < -0.3 is 20.0 Å². The Labute approximate surface area is 128 Å². The number of aliphatic carboxylic acids is 1. The number of thiocarbonyl (C=S) groups is 1. The molecule has 0 bridgehead atoms. The minimum absolute atomic E-state index is 0.406. The van der Waals surface area contributed by atoms with Crippen LogP contribution in [-0.4, -0.2) is 29.9 Å². The van der Waals surface area contributed by atoms with Gasteiger partial charge in [0.2, 0.25) is 0 Å². The van der Waals surface area contributed by atoms with E-state index in [4.69, 9.17) is 17.0 Å². The van der Waals surface area contributed by atoms with Crippen LogP contribution in [0, 0.1) is 0 Å². The van der Waals surface area contributed by atoms with E-state index in [1.807, 2.05) is 6.92 Å². The van der Waals surface area contributed by atoms with Crippen LogP contribution in [0.15, 0.2) is 42.0 Å². The Kier molecular flexibility index (Phi) is 6.90. The molecule has 0 amide bonds. The summed E-state index contributed by atoms with van der Waals surface area (Å²) in [4.78, 5) is 10.3. The highest BCUT2D eigenvalue weighted by Crippen LogP contribution is 2.12.